The highest BCUT2D eigenvalue weighted by molar-refractivity contribution is 7.17. The van der Waals surface area contributed by atoms with E-state index in [1.807, 2.05) is 19.1 Å². The third kappa shape index (κ3) is 1.38. The van der Waals surface area contributed by atoms with Crippen molar-refractivity contribution in [1.82, 2.24) is 0 Å². The summed E-state index contributed by atoms with van der Waals surface area (Å²) in [5.41, 5.74) is 7.07. The zero-order valence-corrected chi connectivity index (χ0v) is 9.10. The van der Waals surface area contributed by atoms with Crippen LogP contribution in [0.3, 0.4) is 0 Å². The second-order valence-electron chi connectivity index (χ2n) is 3.31. The summed E-state index contributed by atoms with van der Waals surface area (Å²) in [5, 5.41) is 3.27. The fraction of sp³-hybridized carbons (Fsp3) is 0.273. The van der Waals surface area contributed by atoms with Gasteiger partial charge in [-0.3, -0.25) is 0 Å². The molecule has 1 aromatic carbocycles. The molecule has 0 aliphatic rings. The van der Waals surface area contributed by atoms with Crippen molar-refractivity contribution in [3.8, 4) is 5.75 Å². The van der Waals surface area contributed by atoms with Gasteiger partial charge in [0, 0.05) is 16.1 Å². The van der Waals surface area contributed by atoms with Gasteiger partial charge in [0.25, 0.3) is 0 Å². The Bertz CT molecular complexity index is 447. The molecule has 2 rings (SSSR count). The summed E-state index contributed by atoms with van der Waals surface area (Å²) < 4.78 is 6.56. The standard InChI is InChI=1S/C11H13NOS/c1-7(12)8-6-14-10-5-3-4-9(13-2)11(8)10/h3-7H,12H2,1-2H3. The van der Waals surface area contributed by atoms with Gasteiger partial charge in [-0.05, 0) is 30.0 Å². The summed E-state index contributed by atoms with van der Waals surface area (Å²) in [6, 6.07) is 6.12. The Hall–Kier alpha value is -1.06. The molecule has 1 unspecified atom stereocenters. The molecular weight excluding hydrogens is 194 g/mol. The molecule has 2 N–H and O–H groups in total. The molecule has 2 aromatic rings. The first-order valence-electron chi connectivity index (χ1n) is 4.53. The Morgan fingerprint density at radius 2 is 2.21 bits per heavy atom. The van der Waals surface area contributed by atoms with E-state index in [1.54, 1.807) is 18.4 Å². The van der Waals surface area contributed by atoms with E-state index in [-0.39, 0.29) is 6.04 Å². The highest BCUT2D eigenvalue weighted by Crippen LogP contribution is 2.35. The fourth-order valence-corrected chi connectivity index (χ4v) is 2.66. The van der Waals surface area contributed by atoms with E-state index < -0.39 is 0 Å². The van der Waals surface area contributed by atoms with Crippen molar-refractivity contribution >= 4 is 21.4 Å². The maximum Gasteiger partial charge on any atom is 0.127 e. The second-order valence-corrected chi connectivity index (χ2v) is 4.22. The van der Waals surface area contributed by atoms with Gasteiger partial charge >= 0.3 is 0 Å². The van der Waals surface area contributed by atoms with Crippen molar-refractivity contribution in [3.63, 3.8) is 0 Å². The number of methoxy groups -OCH3 is 1. The van der Waals surface area contributed by atoms with Crippen LogP contribution in [0.15, 0.2) is 23.6 Å². The second kappa shape index (κ2) is 3.59. The summed E-state index contributed by atoms with van der Waals surface area (Å²) in [6.45, 7) is 1.99. The first-order chi connectivity index (χ1) is 6.74. The van der Waals surface area contributed by atoms with E-state index in [1.165, 1.54) is 10.3 Å². The van der Waals surface area contributed by atoms with E-state index in [2.05, 4.69) is 11.4 Å². The number of nitrogens with two attached hydrogens (primary N) is 1. The summed E-state index contributed by atoms with van der Waals surface area (Å²) in [5.74, 6) is 0.913. The van der Waals surface area contributed by atoms with Gasteiger partial charge < -0.3 is 10.5 Å². The minimum Gasteiger partial charge on any atom is -0.496 e. The number of hydrogen-bond donors (Lipinski definition) is 1. The van der Waals surface area contributed by atoms with Gasteiger partial charge in [0.1, 0.15) is 5.75 Å². The van der Waals surface area contributed by atoms with Crippen molar-refractivity contribution in [3.05, 3.63) is 29.1 Å². The van der Waals surface area contributed by atoms with E-state index in [0.29, 0.717) is 0 Å². The lowest BCUT2D eigenvalue weighted by Crippen LogP contribution is -2.04. The van der Waals surface area contributed by atoms with Crippen LogP contribution in [0, 0.1) is 0 Å². The predicted octanol–water partition coefficient (Wildman–Crippen LogP) is 2.93. The molecule has 74 valence electrons. The van der Waals surface area contributed by atoms with Crippen molar-refractivity contribution in [2.24, 2.45) is 5.73 Å². The molecule has 0 radical (unpaired) electrons. The molecule has 3 heteroatoms. The van der Waals surface area contributed by atoms with Crippen molar-refractivity contribution in [2.45, 2.75) is 13.0 Å². The lowest BCUT2D eigenvalue weighted by atomic mass is 10.1. The van der Waals surface area contributed by atoms with Crippen LogP contribution in [0.5, 0.6) is 5.75 Å². The topological polar surface area (TPSA) is 35.2 Å². The van der Waals surface area contributed by atoms with Crippen LogP contribution >= 0.6 is 11.3 Å². The first-order valence-corrected chi connectivity index (χ1v) is 5.41. The average Bonchev–Trinajstić information content (AvgIpc) is 2.60. The summed E-state index contributed by atoms with van der Waals surface area (Å²) in [6.07, 6.45) is 0. The monoisotopic (exact) mass is 207 g/mol. The summed E-state index contributed by atoms with van der Waals surface area (Å²) >= 11 is 1.71. The lowest BCUT2D eigenvalue weighted by molar-refractivity contribution is 0.419. The maximum absolute atomic E-state index is 5.90. The van der Waals surface area contributed by atoms with Gasteiger partial charge in [-0.25, -0.2) is 0 Å². The SMILES string of the molecule is COc1cccc2scc(C(C)N)c12. The van der Waals surface area contributed by atoms with Crippen LogP contribution in [0.1, 0.15) is 18.5 Å². The molecule has 0 aliphatic carbocycles. The molecule has 0 saturated heterocycles. The molecule has 0 amide bonds. The van der Waals surface area contributed by atoms with Crippen LogP contribution in [-0.2, 0) is 0 Å². The smallest absolute Gasteiger partial charge is 0.127 e. The average molecular weight is 207 g/mol. The highest BCUT2D eigenvalue weighted by atomic mass is 32.1. The molecule has 0 spiro atoms. The van der Waals surface area contributed by atoms with Gasteiger partial charge in [-0.2, -0.15) is 0 Å². The van der Waals surface area contributed by atoms with E-state index >= 15 is 0 Å². The summed E-state index contributed by atoms with van der Waals surface area (Å²) in [4.78, 5) is 0. The third-order valence-corrected chi connectivity index (χ3v) is 3.27. The number of thiophene rings is 1. The Balaban J connectivity index is 2.74. The number of benzene rings is 1. The Morgan fingerprint density at radius 3 is 2.86 bits per heavy atom. The number of ether oxygens (including phenoxy) is 1. The Morgan fingerprint density at radius 1 is 1.43 bits per heavy atom. The molecule has 0 fully saturated rings. The first kappa shape index (κ1) is 9.49. The van der Waals surface area contributed by atoms with Crippen LogP contribution in [0.25, 0.3) is 10.1 Å². The van der Waals surface area contributed by atoms with E-state index in [4.69, 9.17) is 10.5 Å². The van der Waals surface area contributed by atoms with E-state index in [9.17, 15) is 0 Å². The molecule has 1 aromatic heterocycles. The number of rotatable bonds is 2. The maximum atomic E-state index is 5.90. The number of fused-ring (bicyclic) bond motifs is 1. The normalized spacial score (nSPS) is 13.1. The minimum absolute atomic E-state index is 0.0556. The molecule has 0 saturated carbocycles. The van der Waals surface area contributed by atoms with Crippen LogP contribution < -0.4 is 10.5 Å². The molecule has 0 bridgehead atoms. The van der Waals surface area contributed by atoms with Crippen molar-refractivity contribution in [2.75, 3.05) is 7.11 Å². The molecule has 14 heavy (non-hydrogen) atoms. The lowest BCUT2D eigenvalue weighted by Gasteiger charge is -2.07. The van der Waals surface area contributed by atoms with Gasteiger partial charge in [-0.1, -0.05) is 6.07 Å². The number of hydrogen-bond acceptors (Lipinski definition) is 3. The van der Waals surface area contributed by atoms with Crippen LogP contribution in [0.2, 0.25) is 0 Å². The quantitative estimate of drug-likeness (QED) is 0.821. The highest BCUT2D eigenvalue weighted by Gasteiger charge is 2.11. The minimum atomic E-state index is 0.0556. The predicted molar refractivity (Wildman–Crippen MR) is 61.0 cm³/mol. The van der Waals surface area contributed by atoms with Gasteiger partial charge in [0.15, 0.2) is 0 Å². The molecular formula is C11H13NOS. The van der Waals surface area contributed by atoms with Crippen molar-refractivity contribution < 1.29 is 4.74 Å². The van der Waals surface area contributed by atoms with Crippen LogP contribution in [-0.4, -0.2) is 7.11 Å². The largest absolute Gasteiger partial charge is 0.496 e. The molecule has 0 aliphatic heterocycles. The Labute approximate surface area is 87.3 Å². The zero-order chi connectivity index (χ0) is 10.1. The van der Waals surface area contributed by atoms with Crippen molar-refractivity contribution in [1.29, 1.82) is 0 Å². The fourth-order valence-electron chi connectivity index (χ4n) is 1.58. The third-order valence-electron chi connectivity index (χ3n) is 2.30. The van der Waals surface area contributed by atoms with Crippen LogP contribution in [0.4, 0.5) is 0 Å². The Kier molecular flexibility index (Phi) is 2.44. The van der Waals surface area contributed by atoms with Gasteiger partial charge in [0.2, 0.25) is 0 Å². The zero-order valence-electron chi connectivity index (χ0n) is 8.28. The van der Waals surface area contributed by atoms with E-state index in [0.717, 1.165) is 11.1 Å². The molecule has 1 heterocycles. The summed E-state index contributed by atoms with van der Waals surface area (Å²) in [7, 11) is 1.69. The molecule has 2 nitrogen and oxygen atoms in total. The molecule has 1 atom stereocenters. The van der Waals surface area contributed by atoms with Gasteiger partial charge in [0.05, 0.1) is 7.11 Å². The van der Waals surface area contributed by atoms with Gasteiger partial charge in [-0.15, -0.1) is 11.3 Å².